The summed E-state index contributed by atoms with van der Waals surface area (Å²) in [5.74, 6) is 0. The van der Waals surface area contributed by atoms with Gasteiger partial charge in [0.15, 0.2) is 0 Å². The number of benzene rings is 2. The predicted molar refractivity (Wildman–Crippen MR) is 89.7 cm³/mol. The highest BCUT2D eigenvalue weighted by Crippen LogP contribution is 2.36. The third-order valence-corrected chi connectivity index (χ3v) is 4.19. The van der Waals surface area contributed by atoms with Crippen LogP contribution in [0.3, 0.4) is 0 Å². The second-order valence-electron chi connectivity index (χ2n) is 5.83. The number of para-hydroxylation sites is 1. The molecule has 1 N–H and O–H groups in total. The van der Waals surface area contributed by atoms with Gasteiger partial charge in [0.25, 0.3) is 0 Å². The SMILES string of the molecule is O=C1[N]c2cc(Nc3ccccc3)ccc2N1CC1CCCO1. The zero-order chi connectivity index (χ0) is 15.6. The van der Waals surface area contributed by atoms with Gasteiger partial charge in [0, 0.05) is 18.0 Å². The van der Waals surface area contributed by atoms with Crippen LogP contribution < -0.4 is 15.5 Å². The first-order chi connectivity index (χ1) is 11.3. The highest BCUT2D eigenvalue weighted by atomic mass is 16.5. The Balaban J connectivity index is 1.53. The van der Waals surface area contributed by atoms with Gasteiger partial charge in [-0.2, -0.15) is 5.32 Å². The molecule has 1 radical (unpaired) electrons. The Morgan fingerprint density at radius 2 is 2.04 bits per heavy atom. The van der Waals surface area contributed by atoms with Gasteiger partial charge < -0.3 is 10.1 Å². The fraction of sp³-hybridized carbons (Fsp3) is 0.278. The molecule has 2 aromatic rings. The highest BCUT2D eigenvalue weighted by molar-refractivity contribution is 6.05. The van der Waals surface area contributed by atoms with Crippen molar-refractivity contribution in [3.05, 3.63) is 48.5 Å². The topological polar surface area (TPSA) is 55.7 Å². The monoisotopic (exact) mass is 308 g/mol. The maximum Gasteiger partial charge on any atom is 0.348 e. The normalized spacial score (nSPS) is 19.6. The van der Waals surface area contributed by atoms with Crippen LogP contribution in [-0.4, -0.2) is 25.3 Å². The summed E-state index contributed by atoms with van der Waals surface area (Å²) in [5.41, 5.74) is 3.51. The van der Waals surface area contributed by atoms with E-state index in [4.69, 9.17) is 4.74 Å². The summed E-state index contributed by atoms with van der Waals surface area (Å²) < 4.78 is 5.63. The van der Waals surface area contributed by atoms with E-state index in [1.165, 1.54) is 0 Å². The lowest BCUT2D eigenvalue weighted by Crippen LogP contribution is -2.35. The summed E-state index contributed by atoms with van der Waals surface area (Å²) in [5, 5.41) is 7.49. The summed E-state index contributed by atoms with van der Waals surface area (Å²) in [4.78, 5) is 13.9. The molecule has 2 aliphatic heterocycles. The zero-order valence-electron chi connectivity index (χ0n) is 12.7. The number of urea groups is 1. The Hall–Kier alpha value is -2.53. The van der Waals surface area contributed by atoms with Crippen molar-refractivity contribution >= 4 is 28.8 Å². The quantitative estimate of drug-likeness (QED) is 0.935. The Morgan fingerprint density at radius 1 is 1.17 bits per heavy atom. The second kappa shape index (κ2) is 5.93. The summed E-state index contributed by atoms with van der Waals surface area (Å²) in [7, 11) is 0. The van der Waals surface area contributed by atoms with Crippen LogP contribution in [0.2, 0.25) is 0 Å². The Morgan fingerprint density at radius 3 is 2.83 bits per heavy atom. The number of hydrogen-bond acceptors (Lipinski definition) is 3. The van der Waals surface area contributed by atoms with Crippen molar-refractivity contribution < 1.29 is 9.53 Å². The first-order valence-corrected chi connectivity index (χ1v) is 7.90. The molecule has 4 rings (SSSR count). The van der Waals surface area contributed by atoms with Gasteiger partial charge >= 0.3 is 6.03 Å². The van der Waals surface area contributed by atoms with E-state index in [1.807, 2.05) is 48.5 Å². The molecule has 0 aromatic heterocycles. The minimum Gasteiger partial charge on any atom is -0.376 e. The molecular formula is C18H18N3O2. The highest BCUT2D eigenvalue weighted by Gasteiger charge is 2.32. The van der Waals surface area contributed by atoms with Crippen molar-refractivity contribution in [3.63, 3.8) is 0 Å². The van der Waals surface area contributed by atoms with Crippen LogP contribution in [-0.2, 0) is 4.74 Å². The molecule has 23 heavy (non-hydrogen) atoms. The number of hydrogen-bond donors (Lipinski definition) is 1. The molecule has 2 heterocycles. The number of anilines is 3. The van der Waals surface area contributed by atoms with Crippen molar-refractivity contribution in [3.8, 4) is 0 Å². The first kappa shape index (κ1) is 14.1. The van der Waals surface area contributed by atoms with Crippen LogP contribution >= 0.6 is 0 Å². The molecule has 1 saturated heterocycles. The standard InChI is InChI=1S/C18H18N3O2/c22-18-20-16-11-14(19-13-5-2-1-3-6-13)8-9-17(16)21(18)12-15-7-4-10-23-15/h1-3,5-6,8-9,11,15,19H,4,7,10,12H2. The van der Waals surface area contributed by atoms with E-state index in [0.717, 1.165) is 36.5 Å². The smallest absolute Gasteiger partial charge is 0.348 e. The Labute approximate surface area is 135 Å². The number of ether oxygens (including phenoxy) is 1. The van der Waals surface area contributed by atoms with Crippen LogP contribution in [0, 0.1) is 0 Å². The maximum absolute atomic E-state index is 12.2. The van der Waals surface area contributed by atoms with Gasteiger partial charge in [0.05, 0.1) is 24.0 Å². The summed E-state index contributed by atoms with van der Waals surface area (Å²) >= 11 is 0. The minimum atomic E-state index is -0.202. The van der Waals surface area contributed by atoms with Crippen LogP contribution in [0.25, 0.3) is 0 Å². The Kier molecular flexibility index (Phi) is 3.63. The lowest BCUT2D eigenvalue weighted by Gasteiger charge is -2.19. The van der Waals surface area contributed by atoms with Crippen molar-refractivity contribution in [1.82, 2.24) is 5.32 Å². The number of rotatable bonds is 4. The molecule has 0 aliphatic carbocycles. The number of nitrogens with one attached hydrogen (secondary N) is 1. The molecule has 5 heteroatoms. The summed E-state index contributed by atoms with van der Waals surface area (Å²) in [6, 6.07) is 15.6. The van der Waals surface area contributed by atoms with E-state index in [0.29, 0.717) is 12.2 Å². The third kappa shape index (κ3) is 2.87. The molecule has 2 aliphatic rings. The van der Waals surface area contributed by atoms with Crippen LogP contribution in [0.4, 0.5) is 27.5 Å². The van der Waals surface area contributed by atoms with Crippen molar-refractivity contribution in [1.29, 1.82) is 0 Å². The van der Waals surface area contributed by atoms with Gasteiger partial charge in [-0.15, -0.1) is 0 Å². The van der Waals surface area contributed by atoms with E-state index < -0.39 is 0 Å². The molecule has 1 unspecified atom stereocenters. The molecule has 1 atom stereocenters. The lowest BCUT2D eigenvalue weighted by atomic mass is 10.2. The van der Waals surface area contributed by atoms with Gasteiger partial charge in [0.2, 0.25) is 0 Å². The van der Waals surface area contributed by atoms with Crippen LogP contribution in [0.15, 0.2) is 48.5 Å². The molecular weight excluding hydrogens is 290 g/mol. The number of amides is 2. The van der Waals surface area contributed by atoms with Crippen LogP contribution in [0.5, 0.6) is 0 Å². The molecule has 5 nitrogen and oxygen atoms in total. The van der Waals surface area contributed by atoms with E-state index >= 15 is 0 Å². The third-order valence-electron chi connectivity index (χ3n) is 4.19. The number of carbonyl (C=O) groups is 1. The second-order valence-corrected chi connectivity index (χ2v) is 5.83. The summed E-state index contributed by atoms with van der Waals surface area (Å²) in [6.07, 6.45) is 2.20. The number of nitrogens with zero attached hydrogens (tertiary/aromatic N) is 2. The van der Waals surface area contributed by atoms with E-state index in [9.17, 15) is 4.79 Å². The Bertz CT molecular complexity index is 711. The number of fused-ring (bicyclic) bond motifs is 1. The molecule has 0 saturated carbocycles. The summed E-state index contributed by atoms with van der Waals surface area (Å²) in [6.45, 7) is 1.37. The zero-order valence-corrected chi connectivity index (χ0v) is 12.7. The maximum atomic E-state index is 12.2. The fourth-order valence-corrected chi connectivity index (χ4v) is 3.04. The lowest BCUT2D eigenvalue weighted by molar-refractivity contribution is 0.116. The molecule has 117 valence electrons. The van der Waals surface area contributed by atoms with E-state index in [1.54, 1.807) is 4.90 Å². The molecule has 0 bridgehead atoms. The van der Waals surface area contributed by atoms with Crippen molar-refractivity contribution in [2.45, 2.75) is 18.9 Å². The average molecular weight is 308 g/mol. The minimum absolute atomic E-state index is 0.127. The van der Waals surface area contributed by atoms with Gasteiger partial charge in [-0.3, -0.25) is 4.90 Å². The van der Waals surface area contributed by atoms with E-state index in [2.05, 4.69) is 10.6 Å². The van der Waals surface area contributed by atoms with Gasteiger partial charge in [-0.25, -0.2) is 4.79 Å². The molecule has 2 aromatic carbocycles. The average Bonchev–Trinajstić information content (AvgIpc) is 3.17. The van der Waals surface area contributed by atoms with Crippen molar-refractivity contribution in [2.24, 2.45) is 0 Å². The predicted octanol–water partition coefficient (Wildman–Crippen LogP) is 3.79. The number of carbonyl (C=O) groups excluding carboxylic acids is 1. The van der Waals surface area contributed by atoms with E-state index in [-0.39, 0.29) is 12.1 Å². The van der Waals surface area contributed by atoms with Gasteiger partial charge in [-0.1, -0.05) is 18.2 Å². The first-order valence-electron chi connectivity index (χ1n) is 7.90. The molecule has 2 amide bonds. The fourth-order valence-electron chi connectivity index (χ4n) is 3.04. The van der Waals surface area contributed by atoms with Crippen LogP contribution in [0.1, 0.15) is 12.8 Å². The van der Waals surface area contributed by atoms with Gasteiger partial charge in [-0.05, 0) is 43.2 Å². The van der Waals surface area contributed by atoms with Crippen molar-refractivity contribution in [2.75, 3.05) is 23.4 Å². The van der Waals surface area contributed by atoms with Gasteiger partial charge in [0.1, 0.15) is 0 Å². The molecule has 1 fully saturated rings. The largest absolute Gasteiger partial charge is 0.376 e. The molecule has 0 spiro atoms.